The molecule has 0 bridgehead atoms. The van der Waals surface area contributed by atoms with E-state index in [1.54, 1.807) is 0 Å². The average molecular weight is 231 g/mol. The zero-order valence-corrected chi connectivity index (χ0v) is 10.4. The van der Waals surface area contributed by atoms with Gasteiger partial charge in [0.2, 0.25) is 0 Å². The molecule has 0 spiro atoms. The summed E-state index contributed by atoms with van der Waals surface area (Å²) in [5.74, 6) is 5.88. The first kappa shape index (κ1) is 13.8. The molecule has 0 saturated heterocycles. The van der Waals surface area contributed by atoms with Crippen molar-refractivity contribution < 1.29 is 5.11 Å². The molecular weight excluding hydrogens is 210 g/mol. The number of aryl methyl sites for hydroxylation is 1. The third-order valence-corrected chi connectivity index (χ3v) is 2.54. The fraction of sp³-hybridized carbons (Fsp3) is 0.467. The SMILES string of the molecule is CCCC(O)C#Cc1cccc(CCCN)c1. The van der Waals surface area contributed by atoms with Crippen LogP contribution in [-0.2, 0) is 6.42 Å². The van der Waals surface area contributed by atoms with E-state index in [9.17, 15) is 5.11 Å². The van der Waals surface area contributed by atoms with Crippen LogP contribution >= 0.6 is 0 Å². The molecule has 0 aliphatic carbocycles. The zero-order chi connectivity index (χ0) is 12.5. The molecule has 1 aromatic carbocycles. The minimum absolute atomic E-state index is 0.507. The Labute approximate surface area is 104 Å². The van der Waals surface area contributed by atoms with E-state index in [1.165, 1.54) is 5.56 Å². The third-order valence-electron chi connectivity index (χ3n) is 2.54. The fourth-order valence-corrected chi connectivity index (χ4v) is 1.62. The van der Waals surface area contributed by atoms with Crippen molar-refractivity contribution in [2.24, 2.45) is 5.73 Å². The Bertz CT molecular complexity index is 389. The Kier molecular flexibility index (Phi) is 6.39. The van der Waals surface area contributed by atoms with Crippen molar-refractivity contribution in [2.75, 3.05) is 6.54 Å². The van der Waals surface area contributed by atoms with E-state index in [4.69, 9.17) is 5.73 Å². The molecule has 0 heterocycles. The highest BCUT2D eigenvalue weighted by Crippen LogP contribution is 2.06. The van der Waals surface area contributed by atoms with Crippen molar-refractivity contribution in [3.8, 4) is 11.8 Å². The van der Waals surface area contributed by atoms with Gasteiger partial charge in [-0.2, -0.15) is 0 Å². The standard InChI is InChI=1S/C15H21NO/c1-2-5-15(17)10-9-14-7-3-6-13(12-14)8-4-11-16/h3,6-7,12,15,17H,2,4-5,8,11,16H2,1H3. The molecule has 1 unspecified atom stereocenters. The lowest BCUT2D eigenvalue weighted by atomic mass is 10.1. The van der Waals surface area contributed by atoms with E-state index < -0.39 is 6.10 Å². The maximum atomic E-state index is 9.53. The van der Waals surface area contributed by atoms with Crippen LogP contribution in [-0.4, -0.2) is 17.8 Å². The predicted molar refractivity (Wildman–Crippen MR) is 71.6 cm³/mol. The molecule has 0 aliphatic heterocycles. The normalized spacial score (nSPS) is 11.7. The van der Waals surface area contributed by atoms with Gasteiger partial charge in [-0.1, -0.05) is 37.3 Å². The molecule has 2 heteroatoms. The molecule has 2 nitrogen and oxygen atoms in total. The Morgan fingerprint density at radius 1 is 1.41 bits per heavy atom. The van der Waals surface area contributed by atoms with Gasteiger partial charge >= 0.3 is 0 Å². The van der Waals surface area contributed by atoms with E-state index >= 15 is 0 Å². The van der Waals surface area contributed by atoms with Crippen LogP contribution in [0.3, 0.4) is 0 Å². The highest BCUT2D eigenvalue weighted by atomic mass is 16.3. The summed E-state index contributed by atoms with van der Waals surface area (Å²) >= 11 is 0. The summed E-state index contributed by atoms with van der Waals surface area (Å²) in [4.78, 5) is 0. The van der Waals surface area contributed by atoms with E-state index in [2.05, 4.69) is 24.0 Å². The van der Waals surface area contributed by atoms with E-state index in [-0.39, 0.29) is 0 Å². The third kappa shape index (κ3) is 5.53. The molecule has 1 atom stereocenters. The van der Waals surface area contributed by atoms with Crippen LogP contribution in [0.2, 0.25) is 0 Å². The number of hydrogen-bond acceptors (Lipinski definition) is 2. The summed E-state index contributed by atoms with van der Waals surface area (Å²) < 4.78 is 0. The van der Waals surface area contributed by atoms with Crippen molar-refractivity contribution >= 4 is 0 Å². The zero-order valence-electron chi connectivity index (χ0n) is 10.4. The van der Waals surface area contributed by atoms with Crippen LogP contribution in [0.15, 0.2) is 24.3 Å². The van der Waals surface area contributed by atoms with Gasteiger partial charge in [-0.25, -0.2) is 0 Å². The topological polar surface area (TPSA) is 46.2 Å². The summed E-state index contributed by atoms with van der Waals surface area (Å²) in [5.41, 5.74) is 7.71. The van der Waals surface area contributed by atoms with Gasteiger partial charge < -0.3 is 10.8 Å². The lowest BCUT2D eigenvalue weighted by molar-refractivity contribution is 0.221. The van der Waals surface area contributed by atoms with Crippen LogP contribution in [0.25, 0.3) is 0 Å². The van der Waals surface area contributed by atoms with E-state index in [1.807, 2.05) is 19.1 Å². The summed E-state index contributed by atoms with van der Waals surface area (Å²) in [6.45, 7) is 2.75. The van der Waals surface area contributed by atoms with Crippen molar-refractivity contribution in [3.63, 3.8) is 0 Å². The molecule has 0 amide bonds. The highest BCUT2D eigenvalue weighted by molar-refractivity contribution is 5.37. The molecule has 0 fully saturated rings. The smallest absolute Gasteiger partial charge is 0.115 e. The van der Waals surface area contributed by atoms with Gasteiger partial charge in [-0.05, 0) is 43.5 Å². The molecule has 0 saturated carbocycles. The average Bonchev–Trinajstić information content (AvgIpc) is 2.35. The number of benzene rings is 1. The minimum Gasteiger partial charge on any atom is -0.380 e. The lowest BCUT2D eigenvalue weighted by Crippen LogP contribution is -2.01. The molecule has 1 aromatic rings. The van der Waals surface area contributed by atoms with E-state index in [0.29, 0.717) is 6.54 Å². The Hall–Kier alpha value is -1.30. The molecule has 17 heavy (non-hydrogen) atoms. The summed E-state index contributed by atoms with van der Waals surface area (Å²) in [6, 6.07) is 8.13. The van der Waals surface area contributed by atoms with E-state index in [0.717, 1.165) is 31.2 Å². The Balaban J connectivity index is 2.64. The van der Waals surface area contributed by atoms with Crippen LogP contribution < -0.4 is 5.73 Å². The maximum Gasteiger partial charge on any atom is 0.115 e. The van der Waals surface area contributed by atoms with Gasteiger partial charge in [0.15, 0.2) is 0 Å². The van der Waals surface area contributed by atoms with Crippen LogP contribution in [0.5, 0.6) is 0 Å². The number of hydrogen-bond donors (Lipinski definition) is 2. The quantitative estimate of drug-likeness (QED) is 0.762. The Morgan fingerprint density at radius 3 is 2.94 bits per heavy atom. The van der Waals surface area contributed by atoms with Gasteiger partial charge in [-0.15, -0.1) is 0 Å². The number of nitrogens with two attached hydrogens (primary N) is 1. The molecular formula is C15H21NO. The number of rotatable bonds is 5. The largest absolute Gasteiger partial charge is 0.380 e. The second-order valence-electron chi connectivity index (χ2n) is 4.17. The van der Waals surface area contributed by atoms with Crippen molar-refractivity contribution in [2.45, 2.75) is 38.7 Å². The molecule has 0 aliphatic rings. The van der Waals surface area contributed by atoms with Crippen LogP contribution in [0.4, 0.5) is 0 Å². The summed E-state index contributed by atoms with van der Waals surface area (Å²) in [7, 11) is 0. The lowest BCUT2D eigenvalue weighted by Gasteiger charge is -2.01. The monoisotopic (exact) mass is 231 g/mol. The summed E-state index contributed by atoms with van der Waals surface area (Å²) in [5, 5.41) is 9.53. The van der Waals surface area contributed by atoms with Gasteiger partial charge in [0.05, 0.1) is 0 Å². The molecule has 3 N–H and O–H groups in total. The van der Waals surface area contributed by atoms with Gasteiger partial charge in [0.25, 0.3) is 0 Å². The predicted octanol–water partition coefficient (Wildman–Crippen LogP) is 2.09. The van der Waals surface area contributed by atoms with Crippen molar-refractivity contribution in [1.82, 2.24) is 0 Å². The van der Waals surface area contributed by atoms with Crippen LogP contribution in [0.1, 0.15) is 37.3 Å². The van der Waals surface area contributed by atoms with Crippen LogP contribution in [0, 0.1) is 11.8 Å². The number of aliphatic hydroxyl groups excluding tert-OH is 1. The Morgan fingerprint density at radius 2 is 2.24 bits per heavy atom. The second-order valence-corrected chi connectivity index (χ2v) is 4.17. The maximum absolute atomic E-state index is 9.53. The molecule has 0 radical (unpaired) electrons. The van der Waals surface area contributed by atoms with Crippen molar-refractivity contribution in [3.05, 3.63) is 35.4 Å². The first-order valence-corrected chi connectivity index (χ1v) is 6.25. The van der Waals surface area contributed by atoms with Gasteiger partial charge in [0.1, 0.15) is 6.10 Å². The van der Waals surface area contributed by atoms with Gasteiger partial charge in [0, 0.05) is 5.56 Å². The molecule has 1 rings (SSSR count). The summed E-state index contributed by atoms with van der Waals surface area (Å²) in [6.07, 6.45) is 3.16. The second kappa shape index (κ2) is 7.89. The minimum atomic E-state index is -0.507. The number of aliphatic hydroxyl groups is 1. The molecule has 0 aromatic heterocycles. The fourth-order valence-electron chi connectivity index (χ4n) is 1.62. The molecule has 92 valence electrons. The highest BCUT2D eigenvalue weighted by Gasteiger charge is 1.96. The van der Waals surface area contributed by atoms with Crippen molar-refractivity contribution in [1.29, 1.82) is 0 Å². The first-order valence-electron chi connectivity index (χ1n) is 6.25. The first-order chi connectivity index (χ1) is 8.26. The van der Waals surface area contributed by atoms with Gasteiger partial charge in [-0.3, -0.25) is 0 Å².